The van der Waals surface area contributed by atoms with Gasteiger partial charge in [0.05, 0.1) is 11.9 Å². The van der Waals surface area contributed by atoms with Crippen LogP contribution >= 0.6 is 0 Å². The van der Waals surface area contributed by atoms with Gasteiger partial charge in [-0.2, -0.15) is 0 Å². The number of anilines is 2. The fourth-order valence-corrected chi connectivity index (χ4v) is 3.20. The third kappa shape index (κ3) is 3.34. The van der Waals surface area contributed by atoms with Crippen molar-refractivity contribution in [2.45, 2.75) is 32.6 Å². The molecule has 3 aromatic rings. The summed E-state index contributed by atoms with van der Waals surface area (Å²) in [6, 6.07) is 5.98. The van der Waals surface area contributed by atoms with Crippen LogP contribution in [0.2, 0.25) is 0 Å². The highest BCUT2D eigenvalue weighted by atomic mass is 15.3. The van der Waals surface area contributed by atoms with Gasteiger partial charge in [-0.25, -0.2) is 19.5 Å². The van der Waals surface area contributed by atoms with Crippen molar-refractivity contribution in [2.75, 3.05) is 36.0 Å². The molecule has 0 spiro atoms. The molecule has 0 radical (unpaired) electrons. The molecule has 0 aromatic carbocycles. The number of rotatable bonds is 2. The smallest absolute Gasteiger partial charge is 0.225 e. The molecule has 0 N–H and O–H groups in total. The zero-order valence-electron chi connectivity index (χ0n) is 15.6. The maximum atomic E-state index is 4.80. The quantitative estimate of drug-likeness (QED) is 0.707. The van der Waals surface area contributed by atoms with E-state index in [-0.39, 0.29) is 5.41 Å². The van der Waals surface area contributed by atoms with Gasteiger partial charge in [-0.15, -0.1) is 5.10 Å². The van der Waals surface area contributed by atoms with Crippen molar-refractivity contribution in [3.05, 3.63) is 42.5 Å². The summed E-state index contributed by atoms with van der Waals surface area (Å²) in [7, 11) is 0. The van der Waals surface area contributed by atoms with Crippen molar-refractivity contribution in [3.63, 3.8) is 0 Å². The van der Waals surface area contributed by atoms with E-state index in [1.165, 1.54) is 0 Å². The topological polar surface area (TPSA) is 62.5 Å². The van der Waals surface area contributed by atoms with Crippen LogP contribution in [0.3, 0.4) is 0 Å². The van der Waals surface area contributed by atoms with Gasteiger partial charge in [0, 0.05) is 44.0 Å². The highest BCUT2D eigenvalue weighted by Crippen LogP contribution is 2.22. The lowest BCUT2D eigenvalue weighted by molar-refractivity contribution is 0.572. The molecule has 0 saturated carbocycles. The van der Waals surface area contributed by atoms with Gasteiger partial charge >= 0.3 is 0 Å². The van der Waals surface area contributed by atoms with E-state index in [0.29, 0.717) is 0 Å². The highest BCUT2D eigenvalue weighted by molar-refractivity contribution is 5.48. The minimum atomic E-state index is 0.0205. The molecule has 0 amide bonds. The number of hydrogen-bond acceptors (Lipinski definition) is 6. The van der Waals surface area contributed by atoms with Crippen molar-refractivity contribution in [1.82, 2.24) is 24.6 Å². The van der Waals surface area contributed by atoms with E-state index >= 15 is 0 Å². The first-order chi connectivity index (χ1) is 12.5. The Morgan fingerprint density at radius 1 is 0.923 bits per heavy atom. The zero-order chi connectivity index (χ0) is 18.1. The molecular formula is C19H25N7. The second-order valence-electron chi connectivity index (χ2n) is 7.75. The molecule has 3 aromatic heterocycles. The Morgan fingerprint density at radius 2 is 1.65 bits per heavy atom. The van der Waals surface area contributed by atoms with Crippen molar-refractivity contribution >= 4 is 17.4 Å². The fraction of sp³-hybridized carbons (Fsp3) is 0.474. The van der Waals surface area contributed by atoms with Crippen LogP contribution in [0.25, 0.3) is 5.65 Å². The summed E-state index contributed by atoms with van der Waals surface area (Å²) in [5.41, 5.74) is 1.98. The Balaban J connectivity index is 1.54. The Labute approximate surface area is 153 Å². The Bertz CT molecular complexity index is 882. The molecule has 1 aliphatic heterocycles. The summed E-state index contributed by atoms with van der Waals surface area (Å²) in [6.45, 7) is 10.2. The second-order valence-corrected chi connectivity index (χ2v) is 7.75. The molecule has 0 bridgehead atoms. The summed E-state index contributed by atoms with van der Waals surface area (Å²) in [4.78, 5) is 18.0. The van der Waals surface area contributed by atoms with E-state index in [1.807, 2.05) is 16.8 Å². The molecule has 1 fully saturated rings. The number of nitrogens with zero attached hydrogens (tertiary/aromatic N) is 7. The van der Waals surface area contributed by atoms with Gasteiger partial charge in [-0.05, 0) is 24.6 Å². The molecule has 4 heterocycles. The third-order valence-electron chi connectivity index (χ3n) is 4.73. The first kappa shape index (κ1) is 16.8. The maximum absolute atomic E-state index is 4.80. The van der Waals surface area contributed by atoms with E-state index in [9.17, 15) is 0 Å². The first-order valence-electron chi connectivity index (χ1n) is 9.14. The number of fused-ring (bicyclic) bond motifs is 1. The van der Waals surface area contributed by atoms with Crippen molar-refractivity contribution in [1.29, 1.82) is 0 Å². The number of imidazole rings is 1. The van der Waals surface area contributed by atoms with Gasteiger partial charge < -0.3 is 9.80 Å². The molecule has 0 atom stereocenters. The molecule has 0 aliphatic carbocycles. The van der Waals surface area contributed by atoms with Crippen LogP contribution in [0.4, 0.5) is 11.8 Å². The van der Waals surface area contributed by atoms with E-state index in [0.717, 1.165) is 55.7 Å². The summed E-state index contributed by atoms with van der Waals surface area (Å²) in [6.07, 6.45) is 6.69. The van der Waals surface area contributed by atoms with Crippen LogP contribution in [0, 0.1) is 0 Å². The Hall–Kier alpha value is -2.70. The van der Waals surface area contributed by atoms with Gasteiger partial charge in [0.1, 0.15) is 5.82 Å². The van der Waals surface area contributed by atoms with Gasteiger partial charge in [-0.1, -0.05) is 20.8 Å². The molecule has 1 saturated heterocycles. The minimum Gasteiger partial charge on any atom is -0.353 e. The molecule has 1 aliphatic rings. The van der Waals surface area contributed by atoms with Crippen LogP contribution in [0.5, 0.6) is 0 Å². The van der Waals surface area contributed by atoms with Crippen LogP contribution in [0.1, 0.15) is 32.9 Å². The number of aromatic nitrogens is 5. The van der Waals surface area contributed by atoms with Crippen molar-refractivity contribution in [3.8, 4) is 0 Å². The maximum Gasteiger partial charge on any atom is 0.225 e. The Morgan fingerprint density at radius 3 is 2.42 bits per heavy atom. The normalized spacial score (nSPS) is 16.1. The lowest BCUT2D eigenvalue weighted by Gasteiger charge is -2.22. The largest absolute Gasteiger partial charge is 0.353 e. The summed E-state index contributed by atoms with van der Waals surface area (Å²) in [5.74, 6) is 1.80. The van der Waals surface area contributed by atoms with E-state index in [2.05, 4.69) is 52.7 Å². The van der Waals surface area contributed by atoms with Crippen LogP contribution < -0.4 is 9.80 Å². The van der Waals surface area contributed by atoms with E-state index in [4.69, 9.17) is 10.1 Å². The fourth-order valence-electron chi connectivity index (χ4n) is 3.20. The Kier molecular flexibility index (Phi) is 4.22. The zero-order valence-corrected chi connectivity index (χ0v) is 15.6. The van der Waals surface area contributed by atoms with Crippen LogP contribution in [-0.2, 0) is 5.41 Å². The average Bonchev–Trinajstić information content (AvgIpc) is 2.92. The lowest BCUT2D eigenvalue weighted by atomic mass is 9.93. The van der Waals surface area contributed by atoms with Crippen LogP contribution in [0.15, 0.2) is 36.8 Å². The molecule has 7 heteroatoms. The molecule has 26 heavy (non-hydrogen) atoms. The van der Waals surface area contributed by atoms with Gasteiger partial charge in [0.15, 0.2) is 5.65 Å². The van der Waals surface area contributed by atoms with Gasteiger partial charge in [0.25, 0.3) is 0 Å². The van der Waals surface area contributed by atoms with Gasteiger partial charge in [0.2, 0.25) is 5.95 Å². The predicted octanol–water partition coefficient (Wildman–Crippen LogP) is 2.53. The summed E-state index contributed by atoms with van der Waals surface area (Å²) in [5, 5.41) is 4.80. The molecule has 4 rings (SSSR count). The predicted molar refractivity (Wildman–Crippen MR) is 103 cm³/mol. The molecular weight excluding hydrogens is 326 g/mol. The SMILES string of the molecule is CC(C)(C)c1cn2nc(N3CCCN(c4ncccn4)CC3)ccc2n1. The van der Waals surface area contributed by atoms with Gasteiger partial charge in [-0.3, -0.25) is 0 Å². The second kappa shape index (κ2) is 6.55. The average molecular weight is 351 g/mol. The number of hydrogen-bond donors (Lipinski definition) is 0. The molecule has 0 unspecified atom stereocenters. The summed E-state index contributed by atoms with van der Waals surface area (Å²) < 4.78 is 1.90. The monoisotopic (exact) mass is 351 g/mol. The third-order valence-corrected chi connectivity index (χ3v) is 4.73. The standard InChI is InChI=1S/C19H25N7/c1-19(2,3)15-14-26-16(22-15)6-7-17(23-26)24-10-5-11-25(13-12-24)18-20-8-4-9-21-18/h4,6-9,14H,5,10-13H2,1-3H3. The highest BCUT2D eigenvalue weighted by Gasteiger charge is 2.20. The van der Waals surface area contributed by atoms with Crippen molar-refractivity contribution < 1.29 is 0 Å². The van der Waals surface area contributed by atoms with Crippen molar-refractivity contribution in [2.24, 2.45) is 0 Å². The van der Waals surface area contributed by atoms with Crippen LogP contribution in [-0.4, -0.2) is 50.7 Å². The lowest BCUT2D eigenvalue weighted by Crippen LogP contribution is -2.32. The first-order valence-corrected chi connectivity index (χ1v) is 9.14. The molecule has 7 nitrogen and oxygen atoms in total. The van der Waals surface area contributed by atoms with E-state index < -0.39 is 0 Å². The minimum absolute atomic E-state index is 0.0205. The summed E-state index contributed by atoms with van der Waals surface area (Å²) >= 11 is 0. The molecule has 136 valence electrons. The van der Waals surface area contributed by atoms with E-state index in [1.54, 1.807) is 12.4 Å².